The Morgan fingerprint density at radius 3 is 2.47 bits per heavy atom. The molecule has 0 saturated heterocycles. The summed E-state index contributed by atoms with van der Waals surface area (Å²) in [7, 11) is 0. The number of hydrogen-bond donors (Lipinski definition) is 1. The monoisotopic (exact) mass is 540 g/mol. The largest absolute Gasteiger partial charge is 0.482 e. The molecule has 0 heterocycles. The minimum Gasteiger partial charge on any atom is -0.482 e. The van der Waals surface area contributed by atoms with Crippen LogP contribution in [0.1, 0.15) is 44.6 Å². The van der Waals surface area contributed by atoms with Crippen LogP contribution < -0.4 is 10.1 Å². The number of amides is 2. The SMILES string of the molecule is CC(C(=O)NC1CCCCC1)N(Cc1ccc(Br)cc1)C(=O)COc1ccc(Cl)cc1Cl. The third-order valence-electron chi connectivity index (χ3n) is 5.63. The molecule has 1 atom stereocenters. The molecule has 0 aliphatic heterocycles. The Hall–Kier alpha value is -1.76. The minimum atomic E-state index is -0.641. The van der Waals surface area contributed by atoms with Gasteiger partial charge in [0.1, 0.15) is 11.8 Å². The maximum atomic E-state index is 13.1. The van der Waals surface area contributed by atoms with Gasteiger partial charge < -0.3 is 15.0 Å². The standard InChI is InChI=1S/C24H27BrCl2N2O3/c1-16(24(31)28-20-5-3-2-4-6-20)29(14-17-7-9-18(25)10-8-17)23(30)15-32-22-12-11-19(26)13-21(22)27/h7-13,16,20H,2-6,14-15H2,1H3,(H,28,31). The molecule has 3 rings (SSSR count). The number of ether oxygens (including phenoxy) is 1. The maximum absolute atomic E-state index is 13.1. The molecule has 172 valence electrons. The molecule has 5 nitrogen and oxygen atoms in total. The fourth-order valence-electron chi connectivity index (χ4n) is 3.75. The average molecular weight is 542 g/mol. The molecule has 2 aromatic rings. The molecule has 2 amide bonds. The van der Waals surface area contributed by atoms with E-state index in [1.165, 1.54) is 6.42 Å². The summed E-state index contributed by atoms with van der Waals surface area (Å²) in [6, 6.07) is 12.0. The maximum Gasteiger partial charge on any atom is 0.261 e. The highest BCUT2D eigenvalue weighted by molar-refractivity contribution is 9.10. The lowest BCUT2D eigenvalue weighted by atomic mass is 9.95. The zero-order valence-corrected chi connectivity index (χ0v) is 21.0. The predicted octanol–water partition coefficient (Wildman–Crippen LogP) is 6.00. The molecule has 0 aromatic heterocycles. The summed E-state index contributed by atoms with van der Waals surface area (Å²) in [5, 5.41) is 3.93. The van der Waals surface area contributed by atoms with Crippen molar-refractivity contribution < 1.29 is 14.3 Å². The summed E-state index contributed by atoms with van der Waals surface area (Å²) in [6.07, 6.45) is 5.42. The highest BCUT2D eigenvalue weighted by Gasteiger charge is 2.28. The second-order valence-corrected chi connectivity index (χ2v) is 9.79. The number of carbonyl (C=O) groups is 2. The van der Waals surface area contributed by atoms with E-state index in [0.29, 0.717) is 22.3 Å². The number of rotatable bonds is 8. The molecule has 1 unspecified atom stereocenters. The van der Waals surface area contributed by atoms with Gasteiger partial charge in [0.15, 0.2) is 6.61 Å². The van der Waals surface area contributed by atoms with E-state index in [1.54, 1.807) is 30.0 Å². The van der Waals surface area contributed by atoms with Crippen LogP contribution in [0.5, 0.6) is 5.75 Å². The van der Waals surface area contributed by atoms with Crippen molar-refractivity contribution in [3.05, 3.63) is 62.5 Å². The molecule has 1 N–H and O–H groups in total. The third-order valence-corrected chi connectivity index (χ3v) is 6.69. The van der Waals surface area contributed by atoms with Crippen molar-refractivity contribution in [2.75, 3.05) is 6.61 Å². The summed E-state index contributed by atoms with van der Waals surface area (Å²) < 4.78 is 6.60. The van der Waals surface area contributed by atoms with Crippen LogP contribution in [0.25, 0.3) is 0 Å². The molecule has 0 radical (unpaired) electrons. The van der Waals surface area contributed by atoms with E-state index >= 15 is 0 Å². The van der Waals surface area contributed by atoms with E-state index in [1.807, 2.05) is 24.3 Å². The van der Waals surface area contributed by atoms with Crippen LogP contribution in [0.15, 0.2) is 46.9 Å². The summed E-state index contributed by atoms with van der Waals surface area (Å²) in [5.74, 6) is -0.0792. The second-order valence-electron chi connectivity index (χ2n) is 8.03. The van der Waals surface area contributed by atoms with Crippen LogP contribution in [0.4, 0.5) is 0 Å². The first-order valence-corrected chi connectivity index (χ1v) is 12.3. The van der Waals surface area contributed by atoms with E-state index in [2.05, 4.69) is 21.2 Å². The number of nitrogens with zero attached hydrogens (tertiary/aromatic N) is 1. The Kier molecular flexibility index (Phi) is 9.26. The molecule has 1 fully saturated rings. The Morgan fingerprint density at radius 1 is 1.12 bits per heavy atom. The first-order chi connectivity index (χ1) is 15.3. The average Bonchev–Trinajstić information content (AvgIpc) is 2.78. The number of hydrogen-bond acceptors (Lipinski definition) is 3. The van der Waals surface area contributed by atoms with E-state index in [0.717, 1.165) is 35.7 Å². The van der Waals surface area contributed by atoms with E-state index < -0.39 is 6.04 Å². The van der Waals surface area contributed by atoms with Gasteiger partial charge in [-0.15, -0.1) is 0 Å². The topological polar surface area (TPSA) is 58.6 Å². The van der Waals surface area contributed by atoms with Crippen molar-refractivity contribution in [2.45, 2.75) is 57.7 Å². The van der Waals surface area contributed by atoms with Crippen LogP contribution >= 0.6 is 39.1 Å². The third kappa shape index (κ3) is 7.12. The molecule has 8 heteroatoms. The van der Waals surface area contributed by atoms with Crippen LogP contribution in [0.2, 0.25) is 10.0 Å². The van der Waals surface area contributed by atoms with Gasteiger partial charge in [0, 0.05) is 22.1 Å². The molecule has 0 bridgehead atoms. The summed E-state index contributed by atoms with van der Waals surface area (Å²) in [5.41, 5.74) is 0.920. The van der Waals surface area contributed by atoms with Gasteiger partial charge >= 0.3 is 0 Å². The lowest BCUT2D eigenvalue weighted by molar-refractivity contribution is -0.142. The van der Waals surface area contributed by atoms with Crippen molar-refractivity contribution >= 4 is 50.9 Å². The number of benzene rings is 2. The van der Waals surface area contributed by atoms with E-state index in [-0.39, 0.29) is 24.5 Å². The molecular formula is C24H27BrCl2N2O3. The van der Waals surface area contributed by atoms with Gasteiger partial charge in [-0.25, -0.2) is 0 Å². The van der Waals surface area contributed by atoms with Gasteiger partial charge in [-0.3, -0.25) is 9.59 Å². The van der Waals surface area contributed by atoms with Gasteiger partial charge in [0.05, 0.1) is 5.02 Å². The number of halogens is 3. The molecule has 0 spiro atoms. The normalized spacial score (nSPS) is 15.1. The van der Waals surface area contributed by atoms with E-state index in [4.69, 9.17) is 27.9 Å². The van der Waals surface area contributed by atoms with Crippen LogP contribution in [0, 0.1) is 0 Å². The molecule has 2 aromatic carbocycles. The van der Waals surface area contributed by atoms with Crippen molar-refractivity contribution in [2.24, 2.45) is 0 Å². The van der Waals surface area contributed by atoms with Crippen LogP contribution in [-0.2, 0) is 16.1 Å². The summed E-state index contributed by atoms with van der Waals surface area (Å²) in [4.78, 5) is 27.7. The summed E-state index contributed by atoms with van der Waals surface area (Å²) in [6.45, 7) is 1.81. The number of carbonyl (C=O) groups excluding carboxylic acids is 2. The Bertz CT molecular complexity index is 933. The highest BCUT2D eigenvalue weighted by atomic mass is 79.9. The van der Waals surface area contributed by atoms with Gasteiger partial charge in [-0.05, 0) is 55.7 Å². The first-order valence-electron chi connectivity index (χ1n) is 10.8. The van der Waals surface area contributed by atoms with Crippen molar-refractivity contribution in [1.29, 1.82) is 0 Å². The van der Waals surface area contributed by atoms with E-state index in [9.17, 15) is 9.59 Å². The highest BCUT2D eigenvalue weighted by Crippen LogP contribution is 2.27. The molecular weight excluding hydrogens is 515 g/mol. The zero-order chi connectivity index (χ0) is 23.1. The fraction of sp³-hybridized carbons (Fsp3) is 0.417. The van der Waals surface area contributed by atoms with Gasteiger partial charge in [0.2, 0.25) is 5.91 Å². The Morgan fingerprint density at radius 2 is 1.81 bits per heavy atom. The minimum absolute atomic E-state index is 0.146. The first kappa shape index (κ1) is 24.9. The summed E-state index contributed by atoms with van der Waals surface area (Å²) >= 11 is 15.5. The quantitative estimate of drug-likeness (QED) is 0.445. The smallest absolute Gasteiger partial charge is 0.261 e. The van der Waals surface area contributed by atoms with Crippen molar-refractivity contribution in [1.82, 2.24) is 10.2 Å². The second kappa shape index (κ2) is 11.9. The molecule has 32 heavy (non-hydrogen) atoms. The fourth-order valence-corrected chi connectivity index (χ4v) is 4.48. The lowest BCUT2D eigenvalue weighted by Gasteiger charge is -2.31. The Labute approximate surface area is 207 Å². The number of nitrogens with one attached hydrogen (secondary N) is 1. The predicted molar refractivity (Wildman–Crippen MR) is 131 cm³/mol. The van der Waals surface area contributed by atoms with Crippen molar-refractivity contribution in [3.63, 3.8) is 0 Å². The van der Waals surface area contributed by atoms with Gasteiger partial charge in [-0.2, -0.15) is 0 Å². The van der Waals surface area contributed by atoms with Crippen molar-refractivity contribution in [3.8, 4) is 5.75 Å². The van der Waals surface area contributed by atoms with Crippen LogP contribution in [0.3, 0.4) is 0 Å². The molecule has 1 aliphatic rings. The zero-order valence-electron chi connectivity index (χ0n) is 18.0. The van der Waals surface area contributed by atoms with Gasteiger partial charge in [0.25, 0.3) is 5.91 Å². The van der Waals surface area contributed by atoms with Gasteiger partial charge in [-0.1, -0.05) is 70.5 Å². The molecule has 1 aliphatic carbocycles. The Balaban J connectivity index is 1.71. The lowest BCUT2D eigenvalue weighted by Crippen LogP contribution is -2.51. The molecule has 1 saturated carbocycles. The van der Waals surface area contributed by atoms with Crippen LogP contribution in [-0.4, -0.2) is 35.4 Å².